The first-order valence-electron chi connectivity index (χ1n) is 4.49. The van der Waals surface area contributed by atoms with E-state index in [0.29, 0.717) is 18.7 Å². The largest absolute Gasteiger partial charge is 0.508 e. The Hall–Kier alpha value is -1.16. The first-order chi connectivity index (χ1) is 6.74. The molecule has 1 aromatic carbocycles. The molecule has 1 N–H and O–H groups in total. The van der Waals surface area contributed by atoms with Gasteiger partial charge in [0.25, 0.3) is 0 Å². The fourth-order valence-electron chi connectivity index (χ4n) is 1.66. The topological polar surface area (TPSA) is 38.7 Å². The number of rotatable bonds is 2. The molecule has 0 saturated heterocycles. The molecular weight excluding hydrogens is 179 g/mol. The van der Waals surface area contributed by atoms with Crippen LogP contribution in [0.25, 0.3) is 0 Å². The second-order valence-electron chi connectivity index (χ2n) is 3.31. The normalized spacial score (nSPS) is 13.8. The van der Waals surface area contributed by atoms with E-state index < -0.39 is 0 Å². The molecule has 14 heavy (non-hydrogen) atoms. The molecule has 0 amide bonds. The fraction of sp³-hybridized carbons (Fsp3) is 0.400. The van der Waals surface area contributed by atoms with Gasteiger partial charge < -0.3 is 14.6 Å². The van der Waals surface area contributed by atoms with Gasteiger partial charge in [0.05, 0.1) is 13.2 Å². The minimum Gasteiger partial charge on any atom is -0.508 e. The van der Waals surface area contributed by atoms with Crippen LogP contribution in [0.5, 0.6) is 11.5 Å². The van der Waals surface area contributed by atoms with Crippen molar-refractivity contribution in [2.75, 3.05) is 13.7 Å². The van der Waals surface area contributed by atoms with E-state index in [1.54, 1.807) is 7.11 Å². The summed E-state index contributed by atoms with van der Waals surface area (Å²) in [5.74, 6) is 0.871. The Morgan fingerprint density at radius 2 is 2.43 bits per heavy atom. The summed E-state index contributed by atoms with van der Waals surface area (Å²) in [6.07, 6.45) is 0.721. The molecule has 0 spiro atoms. The standard InChI is InChI=1S/C10H11BO3/c1-13-5-6-4-8-7(2-3-14-8)10(12)9(6)11/h4,12H,2-3,5H2,1H3. The molecule has 0 atom stereocenters. The summed E-state index contributed by atoms with van der Waals surface area (Å²) in [6.45, 7) is 0.995. The number of benzene rings is 1. The molecule has 2 rings (SSSR count). The second kappa shape index (κ2) is 3.54. The lowest BCUT2D eigenvalue weighted by Gasteiger charge is -2.11. The number of phenols is 1. The molecule has 72 valence electrons. The highest BCUT2D eigenvalue weighted by atomic mass is 16.5. The molecular formula is C10H11BO3. The molecule has 1 heterocycles. The third-order valence-corrected chi connectivity index (χ3v) is 2.40. The summed E-state index contributed by atoms with van der Waals surface area (Å²) in [7, 11) is 7.34. The molecule has 4 heteroatoms. The Labute approximate surface area is 84.1 Å². The van der Waals surface area contributed by atoms with E-state index in [2.05, 4.69) is 0 Å². The minimum atomic E-state index is 0.145. The monoisotopic (exact) mass is 190 g/mol. The number of fused-ring (bicyclic) bond motifs is 1. The number of methoxy groups -OCH3 is 1. The van der Waals surface area contributed by atoms with Crippen molar-refractivity contribution < 1.29 is 14.6 Å². The van der Waals surface area contributed by atoms with Crippen LogP contribution in [0.2, 0.25) is 0 Å². The third kappa shape index (κ3) is 1.36. The van der Waals surface area contributed by atoms with E-state index in [4.69, 9.17) is 17.3 Å². The van der Waals surface area contributed by atoms with Gasteiger partial charge in [-0.1, -0.05) is 0 Å². The van der Waals surface area contributed by atoms with Crippen molar-refractivity contribution in [1.82, 2.24) is 0 Å². The van der Waals surface area contributed by atoms with Crippen LogP contribution < -0.4 is 10.2 Å². The zero-order chi connectivity index (χ0) is 10.1. The lowest BCUT2D eigenvalue weighted by Crippen LogP contribution is -2.13. The van der Waals surface area contributed by atoms with Gasteiger partial charge in [-0.2, -0.15) is 0 Å². The molecule has 0 aromatic heterocycles. The van der Waals surface area contributed by atoms with Crippen LogP contribution in [0.3, 0.4) is 0 Å². The SMILES string of the molecule is [B]c1c(COC)cc2c(c1O)CCO2. The van der Waals surface area contributed by atoms with E-state index in [0.717, 1.165) is 23.3 Å². The highest BCUT2D eigenvalue weighted by molar-refractivity contribution is 6.35. The zero-order valence-electron chi connectivity index (χ0n) is 8.04. The van der Waals surface area contributed by atoms with Crippen molar-refractivity contribution in [3.8, 4) is 11.5 Å². The average Bonchev–Trinajstić information content (AvgIpc) is 2.62. The van der Waals surface area contributed by atoms with Gasteiger partial charge in [0.15, 0.2) is 0 Å². The molecule has 0 fully saturated rings. The maximum Gasteiger partial charge on any atom is 0.126 e. The van der Waals surface area contributed by atoms with Crippen LogP contribution in [0.4, 0.5) is 0 Å². The van der Waals surface area contributed by atoms with Gasteiger partial charge in [-0.3, -0.25) is 0 Å². The predicted molar refractivity (Wildman–Crippen MR) is 53.4 cm³/mol. The number of aromatic hydroxyl groups is 1. The van der Waals surface area contributed by atoms with Crippen LogP contribution >= 0.6 is 0 Å². The highest BCUT2D eigenvalue weighted by Gasteiger charge is 2.19. The van der Waals surface area contributed by atoms with Crippen LogP contribution in [0, 0.1) is 0 Å². The van der Waals surface area contributed by atoms with Crippen molar-refractivity contribution in [1.29, 1.82) is 0 Å². The second-order valence-corrected chi connectivity index (χ2v) is 3.31. The van der Waals surface area contributed by atoms with Crippen molar-refractivity contribution >= 4 is 13.3 Å². The van der Waals surface area contributed by atoms with Gasteiger partial charge in [-0.25, -0.2) is 0 Å². The summed E-state index contributed by atoms with van der Waals surface area (Å²) in [5, 5.41) is 9.77. The molecule has 0 aliphatic carbocycles. The first-order valence-corrected chi connectivity index (χ1v) is 4.49. The Morgan fingerprint density at radius 1 is 1.64 bits per heavy atom. The molecule has 1 aromatic rings. The van der Waals surface area contributed by atoms with Crippen molar-refractivity contribution in [3.05, 3.63) is 17.2 Å². The van der Waals surface area contributed by atoms with Gasteiger partial charge in [0, 0.05) is 19.1 Å². The van der Waals surface area contributed by atoms with Crippen molar-refractivity contribution in [2.24, 2.45) is 0 Å². The third-order valence-electron chi connectivity index (χ3n) is 2.40. The lowest BCUT2D eigenvalue weighted by molar-refractivity contribution is 0.185. The summed E-state index contributed by atoms with van der Waals surface area (Å²) in [4.78, 5) is 0. The molecule has 3 nitrogen and oxygen atoms in total. The van der Waals surface area contributed by atoms with Gasteiger partial charge in [-0.15, -0.1) is 0 Å². The molecule has 0 unspecified atom stereocenters. The molecule has 1 aliphatic rings. The number of ether oxygens (including phenoxy) is 2. The molecule has 0 saturated carbocycles. The molecule has 2 radical (unpaired) electrons. The number of hydrogen-bond acceptors (Lipinski definition) is 3. The smallest absolute Gasteiger partial charge is 0.126 e. The Morgan fingerprint density at radius 3 is 3.14 bits per heavy atom. The quantitative estimate of drug-likeness (QED) is 0.680. The van der Waals surface area contributed by atoms with Gasteiger partial charge in [0.2, 0.25) is 0 Å². The van der Waals surface area contributed by atoms with Crippen LogP contribution in [0.1, 0.15) is 11.1 Å². The van der Waals surface area contributed by atoms with Crippen LogP contribution in [-0.2, 0) is 17.8 Å². The van der Waals surface area contributed by atoms with Gasteiger partial charge >= 0.3 is 0 Å². The Kier molecular flexibility index (Phi) is 2.38. The first kappa shape index (κ1) is 9.40. The Bertz CT molecular complexity index is 363. The van der Waals surface area contributed by atoms with E-state index in [1.807, 2.05) is 6.07 Å². The summed E-state index contributed by atoms with van der Waals surface area (Å²) >= 11 is 0. The molecule has 1 aliphatic heterocycles. The van der Waals surface area contributed by atoms with E-state index in [9.17, 15) is 5.11 Å². The van der Waals surface area contributed by atoms with E-state index in [1.165, 1.54) is 0 Å². The molecule has 0 bridgehead atoms. The Balaban J connectivity index is 2.49. The zero-order valence-corrected chi connectivity index (χ0v) is 8.04. The highest BCUT2D eigenvalue weighted by Crippen LogP contribution is 2.32. The predicted octanol–water partition coefficient (Wildman–Crippen LogP) is 0.267. The number of hydrogen-bond donors (Lipinski definition) is 1. The number of phenolic OH excluding ortho intramolecular Hbond substituents is 1. The lowest BCUT2D eigenvalue weighted by atomic mass is 9.87. The van der Waals surface area contributed by atoms with Crippen LogP contribution in [0.15, 0.2) is 6.07 Å². The van der Waals surface area contributed by atoms with Gasteiger partial charge in [0.1, 0.15) is 19.3 Å². The van der Waals surface area contributed by atoms with Crippen molar-refractivity contribution in [3.63, 3.8) is 0 Å². The minimum absolute atomic E-state index is 0.145. The summed E-state index contributed by atoms with van der Waals surface area (Å²) in [5.41, 5.74) is 1.98. The average molecular weight is 190 g/mol. The maximum absolute atomic E-state index is 9.77. The fourth-order valence-corrected chi connectivity index (χ4v) is 1.66. The van der Waals surface area contributed by atoms with E-state index >= 15 is 0 Å². The summed E-state index contributed by atoms with van der Waals surface area (Å²) in [6, 6.07) is 1.83. The van der Waals surface area contributed by atoms with Crippen LogP contribution in [-0.4, -0.2) is 26.7 Å². The van der Waals surface area contributed by atoms with E-state index in [-0.39, 0.29) is 5.75 Å². The van der Waals surface area contributed by atoms with Gasteiger partial charge in [-0.05, 0) is 17.1 Å². The summed E-state index contributed by atoms with van der Waals surface area (Å²) < 4.78 is 10.3. The van der Waals surface area contributed by atoms with Crippen molar-refractivity contribution in [2.45, 2.75) is 13.0 Å². The maximum atomic E-state index is 9.77.